The Morgan fingerprint density at radius 1 is 1.40 bits per heavy atom. The van der Waals surface area contributed by atoms with E-state index in [2.05, 4.69) is 5.32 Å². The van der Waals surface area contributed by atoms with E-state index in [9.17, 15) is 14.7 Å². The first-order valence-electron chi connectivity index (χ1n) is 6.75. The molecule has 0 aromatic carbocycles. The van der Waals surface area contributed by atoms with Crippen LogP contribution in [0, 0.1) is 0 Å². The molecule has 2 aliphatic heterocycles. The standard InChI is InChI=1S/C13H22N2O5/c1-7(16)15-5-8(11-10(15)9(17)6-19-11)14-12(18)20-13(2,3)4/h8-11,17H,5-6H2,1-4H3,(H,14,18)/t8-,9?,10?,11-/m1/s1. The molecule has 0 spiro atoms. The van der Waals surface area contributed by atoms with Gasteiger partial charge in [-0.05, 0) is 20.8 Å². The van der Waals surface area contributed by atoms with E-state index in [4.69, 9.17) is 9.47 Å². The molecule has 7 nitrogen and oxygen atoms in total. The Kier molecular flexibility index (Phi) is 3.93. The lowest BCUT2D eigenvalue weighted by molar-refractivity contribution is -0.131. The molecule has 0 bridgehead atoms. The molecule has 2 saturated heterocycles. The van der Waals surface area contributed by atoms with Gasteiger partial charge in [-0.15, -0.1) is 0 Å². The van der Waals surface area contributed by atoms with Crippen molar-refractivity contribution < 1.29 is 24.2 Å². The molecule has 2 unspecified atom stereocenters. The van der Waals surface area contributed by atoms with E-state index in [0.717, 1.165) is 0 Å². The van der Waals surface area contributed by atoms with Crippen LogP contribution in [-0.4, -0.2) is 65.1 Å². The summed E-state index contributed by atoms with van der Waals surface area (Å²) in [6.45, 7) is 7.27. The lowest BCUT2D eigenvalue weighted by Gasteiger charge is -2.23. The van der Waals surface area contributed by atoms with Gasteiger partial charge in [0.25, 0.3) is 0 Å². The SMILES string of the molecule is CC(=O)N1C[C@@H](NC(=O)OC(C)(C)C)[C@H]2OCC(O)C21. The highest BCUT2D eigenvalue weighted by atomic mass is 16.6. The Hall–Kier alpha value is -1.34. The number of carbonyl (C=O) groups excluding carboxylic acids is 2. The number of nitrogens with zero attached hydrogens (tertiary/aromatic N) is 1. The zero-order chi connectivity index (χ0) is 15.1. The second-order valence-electron chi connectivity index (χ2n) is 6.28. The minimum absolute atomic E-state index is 0.141. The number of hydrogen-bond acceptors (Lipinski definition) is 5. The van der Waals surface area contributed by atoms with E-state index in [0.29, 0.717) is 6.54 Å². The van der Waals surface area contributed by atoms with Crippen molar-refractivity contribution in [1.29, 1.82) is 0 Å². The van der Waals surface area contributed by atoms with Gasteiger partial charge in [-0.3, -0.25) is 4.79 Å². The third-order valence-corrected chi connectivity index (χ3v) is 3.45. The fourth-order valence-electron chi connectivity index (χ4n) is 2.73. The molecule has 0 aromatic rings. The fourth-order valence-corrected chi connectivity index (χ4v) is 2.73. The molecule has 20 heavy (non-hydrogen) atoms. The highest BCUT2D eigenvalue weighted by Gasteiger charge is 2.52. The number of aliphatic hydroxyl groups is 1. The average molecular weight is 286 g/mol. The lowest BCUT2D eigenvalue weighted by Crippen LogP contribution is -2.46. The first-order chi connectivity index (χ1) is 9.19. The van der Waals surface area contributed by atoms with Gasteiger partial charge in [0.05, 0.1) is 18.7 Å². The molecule has 114 valence electrons. The first kappa shape index (κ1) is 15.1. The number of likely N-dealkylation sites (tertiary alicyclic amines) is 1. The van der Waals surface area contributed by atoms with Crippen LogP contribution >= 0.6 is 0 Å². The van der Waals surface area contributed by atoms with Crippen LogP contribution < -0.4 is 5.32 Å². The van der Waals surface area contributed by atoms with Gasteiger partial charge < -0.3 is 24.8 Å². The number of amides is 2. The normalized spacial score (nSPS) is 33.0. The summed E-state index contributed by atoms with van der Waals surface area (Å²) in [5.41, 5.74) is -0.585. The Labute approximate surface area is 118 Å². The number of rotatable bonds is 1. The first-order valence-corrected chi connectivity index (χ1v) is 6.75. The zero-order valence-corrected chi connectivity index (χ0v) is 12.3. The van der Waals surface area contributed by atoms with E-state index >= 15 is 0 Å². The Balaban J connectivity index is 2.03. The van der Waals surface area contributed by atoms with Crippen molar-refractivity contribution in [2.45, 2.75) is 57.6 Å². The van der Waals surface area contributed by atoms with Gasteiger partial charge in [0, 0.05) is 13.5 Å². The number of alkyl carbamates (subject to hydrolysis) is 1. The van der Waals surface area contributed by atoms with Gasteiger partial charge in [0.1, 0.15) is 17.8 Å². The number of ether oxygens (including phenoxy) is 2. The van der Waals surface area contributed by atoms with Crippen molar-refractivity contribution >= 4 is 12.0 Å². The molecule has 7 heteroatoms. The van der Waals surface area contributed by atoms with Crippen LogP contribution in [0.2, 0.25) is 0 Å². The van der Waals surface area contributed by atoms with Crippen LogP contribution in [0.4, 0.5) is 4.79 Å². The smallest absolute Gasteiger partial charge is 0.408 e. The Bertz CT molecular complexity index is 406. The van der Waals surface area contributed by atoms with Gasteiger partial charge >= 0.3 is 6.09 Å². The zero-order valence-electron chi connectivity index (χ0n) is 12.3. The van der Waals surface area contributed by atoms with E-state index in [1.807, 2.05) is 0 Å². The molecule has 2 N–H and O–H groups in total. The molecule has 0 saturated carbocycles. The van der Waals surface area contributed by atoms with Crippen LogP contribution in [0.1, 0.15) is 27.7 Å². The van der Waals surface area contributed by atoms with Crippen molar-refractivity contribution in [1.82, 2.24) is 10.2 Å². The summed E-state index contributed by atoms with van der Waals surface area (Å²) in [6.07, 6.45) is -1.65. The van der Waals surface area contributed by atoms with Crippen molar-refractivity contribution in [3.05, 3.63) is 0 Å². The molecule has 2 heterocycles. The third-order valence-electron chi connectivity index (χ3n) is 3.45. The largest absolute Gasteiger partial charge is 0.444 e. The highest BCUT2D eigenvalue weighted by molar-refractivity contribution is 5.75. The minimum Gasteiger partial charge on any atom is -0.444 e. The van der Waals surface area contributed by atoms with Gasteiger partial charge in [0.2, 0.25) is 5.91 Å². The molecule has 0 aromatic heterocycles. The predicted octanol–water partition coefficient (Wildman–Crippen LogP) is -0.130. The summed E-state index contributed by atoms with van der Waals surface area (Å²) >= 11 is 0. The van der Waals surface area contributed by atoms with Crippen LogP contribution in [0.3, 0.4) is 0 Å². The van der Waals surface area contributed by atoms with E-state index < -0.39 is 23.8 Å². The summed E-state index contributed by atoms with van der Waals surface area (Å²) in [7, 11) is 0. The topological polar surface area (TPSA) is 88.1 Å². The van der Waals surface area contributed by atoms with Gasteiger partial charge in [-0.25, -0.2) is 4.79 Å². The molecule has 4 atom stereocenters. The highest BCUT2D eigenvalue weighted by Crippen LogP contribution is 2.30. The summed E-state index contributed by atoms with van der Waals surface area (Å²) < 4.78 is 10.7. The monoisotopic (exact) mass is 286 g/mol. The Morgan fingerprint density at radius 2 is 2.05 bits per heavy atom. The Morgan fingerprint density at radius 3 is 2.60 bits per heavy atom. The maximum absolute atomic E-state index is 11.8. The second-order valence-corrected chi connectivity index (χ2v) is 6.28. The number of carbonyl (C=O) groups is 2. The number of nitrogens with one attached hydrogen (secondary N) is 1. The lowest BCUT2D eigenvalue weighted by atomic mass is 10.1. The predicted molar refractivity (Wildman–Crippen MR) is 70.1 cm³/mol. The number of hydrogen-bond donors (Lipinski definition) is 2. The number of fused-ring (bicyclic) bond motifs is 1. The van der Waals surface area contributed by atoms with Crippen LogP contribution in [0.5, 0.6) is 0 Å². The fraction of sp³-hybridized carbons (Fsp3) is 0.846. The molecular formula is C13H22N2O5. The summed E-state index contributed by atoms with van der Waals surface area (Å²) in [4.78, 5) is 25.0. The van der Waals surface area contributed by atoms with Crippen LogP contribution in [0.15, 0.2) is 0 Å². The van der Waals surface area contributed by atoms with Crippen LogP contribution in [0.25, 0.3) is 0 Å². The third kappa shape index (κ3) is 3.04. The molecular weight excluding hydrogens is 264 g/mol. The molecule has 2 amide bonds. The number of aliphatic hydroxyl groups excluding tert-OH is 1. The average Bonchev–Trinajstić information content (AvgIpc) is 2.79. The summed E-state index contributed by atoms with van der Waals surface area (Å²) in [6, 6.07) is -0.761. The molecule has 2 rings (SSSR count). The maximum Gasteiger partial charge on any atom is 0.408 e. The summed E-state index contributed by atoms with van der Waals surface area (Å²) in [5, 5.41) is 12.6. The van der Waals surface area contributed by atoms with E-state index in [-0.39, 0.29) is 24.7 Å². The van der Waals surface area contributed by atoms with E-state index in [1.165, 1.54) is 6.92 Å². The van der Waals surface area contributed by atoms with Gasteiger partial charge in [0.15, 0.2) is 0 Å². The maximum atomic E-state index is 11.8. The van der Waals surface area contributed by atoms with Crippen molar-refractivity contribution in [2.24, 2.45) is 0 Å². The van der Waals surface area contributed by atoms with Crippen molar-refractivity contribution in [2.75, 3.05) is 13.2 Å². The van der Waals surface area contributed by atoms with E-state index in [1.54, 1.807) is 25.7 Å². The van der Waals surface area contributed by atoms with Crippen LogP contribution in [-0.2, 0) is 14.3 Å². The van der Waals surface area contributed by atoms with Crippen molar-refractivity contribution in [3.63, 3.8) is 0 Å². The second kappa shape index (κ2) is 5.21. The molecule has 2 fully saturated rings. The quantitative estimate of drug-likeness (QED) is 0.701. The molecule has 0 aliphatic carbocycles. The van der Waals surface area contributed by atoms with Crippen molar-refractivity contribution in [3.8, 4) is 0 Å². The van der Waals surface area contributed by atoms with Gasteiger partial charge in [-0.2, -0.15) is 0 Å². The molecule has 2 aliphatic rings. The molecule has 0 radical (unpaired) electrons. The van der Waals surface area contributed by atoms with Gasteiger partial charge in [-0.1, -0.05) is 0 Å². The summed E-state index contributed by atoms with van der Waals surface area (Å²) in [5.74, 6) is -0.141. The minimum atomic E-state index is -0.714.